The molecule has 0 saturated carbocycles. The molecule has 0 bridgehead atoms. The second-order valence-electron chi connectivity index (χ2n) is 3.40. The number of ether oxygens (including phenoxy) is 1. The molecule has 0 saturated heterocycles. The maximum atomic E-state index is 5.46. The van der Waals surface area contributed by atoms with Crippen molar-refractivity contribution in [1.82, 2.24) is 0 Å². The zero-order valence-corrected chi connectivity index (χ0v) is 9.47. The molecule has 0 aromatic heterocycles. The Morgan fingerprint density at radius 2 is 1.71 bits per heavy atom. The van der Waals surface area contributed by atoms with Crippen molar-refractivity contribution < 1.29 is 4.74 Å². The number of hydrogen-bond acceptors (Lipinski definition) is 1. The van der Waals surface area contributed by atoms with Crippen molar-refractivity contribution in [2.45, 2.75) is 40.2 Å². The Hall–Kier alpha value is -0.820. The van der Waals surface area contributed by atoms with Gasteiger partial charge in [-0.1, -0.05) is 32.0 Å². The van der Waals surface area contributed by atoms with E-state index in [1.165, 1.54) is 16.7 Å². The van der Waals surface area contributed by atoms with Crippen LogP contribution < -0.4 is 0 Å². The number of benzene rings is 1. The third kappa shape index (κ3) is 2.58. The molecule has 1 heteroatoms. The van der Waals surface area contributed by atoms with Gasteiger partial charge < -0.3 is 4.74 Å². The van der Waals surface area contributed by atoms with E-state index in [9.17, 15) is 0 Å². The number of rotatable bonds is 5. The topological polar surface area (TPSA) is 9.23 Å². The SMILES string of the molecule is CCOCc1cccc(CC)c1CC. The molecule has 0 unspecified atom stereocenters. The number of hydrogen-bond donors (Lipinski definition) is 0. The van der Waals surface area contributed by atoms with Gasteiger partial charge in [-0.25, -0.2) is 0 Å². The summed E-state index contributed by atoms with van der Waals surface area (Å²) in [5.41, 5.74) is 4.29. The van der Waals surface area contributed by atoms with E-state index in [1.54, 1.807) is 0 Å². The van der Waals surface area contributed by atoms with Gasteiger partial charge in [0.1, 0.15) is 0 Å². The Morgan fingerprint density at radius 3 is 2.29 bits per heavy atom. The van der Waals surface area contributed by atoms with Crippen LogP contribution in [0, 0.1) is 0 Å². The van der Waals surface area contributed by atoms with E-state index in [0.29, 0.717) is 0 Å². The molecule has 0 aliphatic carbocycles. The lowest BCUT2D eigenvalue weighted by Gasteiger charge is -2.12. The van der Waals surface area contributed by atoms with Crippen molar-refractivity contribution in [3.05, 3.63) is 34.9 Å². The normalized spacial score (nSPS) is 10.5. The largest absolute Gasteiger partial charge is 0.377 e. The molecule has 0 spiro atoms. The number of aryl methyl sites for hydroxylation is 1. The highest BCUT2D eigenvalue weighted by Gasteiger charge is 2.04. The van der Waals surface area contributed by atoms with Gasteiger partial charge in [-0.05, 0) is 36.5 Å². The fourth-order valence-corrected chi connectivity index (χ4v) is 1.82. The molecule has 0 aliphatic heterocycles. The molecule has 1 aromatic carbocycles. The van der Waals surface area contributed by atoms with E-state index in [0.717, 1.165) is 26.1 Å². The predicted molar refractivity (Wildman–Crippen MR) is 60.5 cm³/mol. The summed E-state index contributed by atoms with van der Waals surface area (Å²) in [6.07, 6.45) is 2.22. The summed E-state index contributed by atoms with van der Waals surface area (Å²) in [6.45, 7) is 8.01. The minimum atomic E-state index is 0.757. The van der Waals surface area contributed by atoms with Gasteiger partial charge in [0.25, 0.3) is 0 Å². The van der Waals surface area contributed by atoms with Gasteiger partial charge in [-0.15, -0.1) is 0 Å². The molecule has 1 aromatic rings. The van der Waals surface area contributed by atoms with Crippen molar-refractivity contribution in [3.63, 3.8) is 0 Å². The van der Waals surface area contributed by atoms with Crippen molar-refractivity contribution in [1.29, 1.82) is 0 Å². The summed E-state index contributed by atoms with van der Waals surface area (Å²) in [5.74, 6) is 0. The monoisotopic (exact) mass is 192 g/mol. The summed E-state index contributed by atoms with van der Waals surface area (Å²) in [7, 11) is 0. The molecule has 0 amide bonds. The lowest BCUT2D eigenvalue weighted by atomic mass is 9.98. The third-order valence-corrected chi connectivity index (χ3v) is 2.57. The molecule has 0 radical (unpaired) electrons. The first-order valence-corrected chi connectivity index (χ1v) is 5.50. The van der Waals surface area contributed by atoms with E-state index in [2.05, 4.69) is 32.0 Å². The maximum Gasteiger partial charge on any atom is 0.0719 e. The van der Waals surface area contributed by atoms with Gasteiger partial charge in [0, 0.05) is 6.61 Å². The molecule has 0 heterocycles. The molecular weight excluding hydrogens is 172 g/mol. The van der Waals surface area contributed by atoms with Gasteiger partial charge in [0.15, 0.2) is 0 Å². The second kappa shape index (κ2) is 5.82. The Balaban J connectivity index is 2.90. The van der Waals surface area contributed by atoms with E-state index < -0.39 is 0 Å². The van der Waals surface area contributed by atoms with Gasteiger partial charge in [-0.3, -0.25) is 0 Å². The van der Waals surface area contributed by atoms with Crippen LogP contribution in [0.3, 0.4) is 0 Å². The first-order valence-electron chi connectivity index (χ1n) is 5.50. The molecule has 14 heavy (non-hydrogen) atoms. The Kier molecular flexibility index (Phi) is 4.68. The first-order chi connectivity index (χ1) is 6.83. The molecule has 1 rings (SSSR count). The van der Waals surface area contributed by atoms with Crippen LogP contribution in [-0.2, 0) is 24.2 Å². The van der Waals surface area contributed by atoms with Gasteiger partial charge >= 0.3 is 0 Å². The fraction of sp³-hybridized carbons (Fsp3) is 0.538. The summed E-state index contributed by atoms with van der Waals surface area (Å²) in [6, 6.07) is 6.52. The van der Waals surface area contributed by atoms with Crippen molar-refractivity contribution >= 4 is 0 Å². The smallest absolute Gasteiger partial charge is 0.0719 e. The van der Waals surface area contributed by atoms with Crippen molar-refractivity contribution in [3.8, 4) is 0 Å². The zero-order valence-electron chi connectivity index (χ0n) is 9.47. The predicted octanol–water partition coefficient (Wildman–Crippen LogP) is 3.35. The van der Waals surface area contributed by atoms with Gasteiger partial charge in [0.05, 0.1) is 6.61 Å². The highest BCUT2D eigenvalue weighted by Crippen LogP contribution is 2.17. The molecular formula is C13H20O. The zero-order chi connectivity index (χ0) is 10.4. The van der Waals surface area contributed by atoms with Crippen LogP contribution in [0.5, 0.6) is 0 Å². The van der Waals surface area contributed by atoms with Crippen LogP contribution in [-0.4, -0.2) is 6.61 Å². The quantitative estimate of drug-likeness (QED) is 0.695. The summed E-state index contributed by atoms with van der Waals surface area (Å²) < 4.78 is 5.46. The van der Waals surface area contributed by atoms with Crippen molar-refractivity contribution in [2.24, 2.45) is 0 Å². The second-order valence-corrected chi connectivity index (χ2v) is 3.40. The van der Waals surface area contributed by atoms with Crippen LogP contribution in [0.15, 0.2) is 18.2 Å². The summed E-state index contributed by atoms with van der Waals surface area (Å²) >= 11 is 0. The van der Waals surface area contributed by atoms with E-state index in [4.69, 9.17) is 4.74 Å². The first kappa shape index (κ1) is 11.3. The van der Waals surface area contributed by atoms with Gasteiger partial charge in [0.2, 0.25) is 0 Å². The van der Waals surface area contributed by atoms with Crippen molar-refractivity contribution in [2.75, 3.05) is 6.61 Å². The molecule has 0 fully saturated rings. The lowest BCUT2D eigenvalue weighted by molar-refractivity contribution is 0.133. The lowest BCUT2D eigenvalue weighted by Crippen LogP contribution is -2.00. The molecule has 0 N–H and O–H groups in total. The third-order valence-electron chi connectivity index (χ3n) is 2.57. The van der Waals surface area contributed by atoms with Crippen LogP contribution in [0.1, 0.15) is 37.5 Å². The average molecular weight is 192 g/mol. The summed E-state index contributed by atoms with van der Waals surface area (Å²) in [4.78, 5) is 0. The maximum absolute atomic E-state index is 5.46. The van der Waals surface area contributed by atoms with Crippen LogP contribution in [0.4, 0.5) is 0 Å². The Bertz CT molecular complexity index is 279. The minimum Gasteiger partial charge on any atom is -0.377 e. The fourth-order valence-electron chi connectivity index (χ4n) is 1.82. The Morgan fingerprint density at radius 1 is 1.00 bits per heavy atom. The van der Waals surface area contributed by atoms with E-state index in [-0.39, 0.29) is 0 Å². The minimum absolute atomic E-state index is 0.757. The van der Waals surface area contributed by atoms with Crippen LogP contribution in [0.2, 0.25) is 0 Å². The Labute approximate surface area is 87.1 Å². The highest BCUT2D eigenvalue weighted by atomic mass is 16.5. The standard InChI is InChI=1S/C13H20O/c1-4-11-8-7-9-12(10-14-6-3)13(11)5-2/h7-9H,4-6,10H2,1-3H3. The molecule has 78 valence electrons. The average Bonchev–Trinajstić information content (AvgIpc) is 2.25. The van der Waals surface area contributed by atoms with Gasteiger partial charge in [-0.2, -0.15) is 0 Å². The van der Waals surface area contributed by atoms with E-state index in [1.807, 2.05) is 6.92 Å². The molecule has 1 nitrogen and oxygen atoms in total. The van der Waals surface area contributed by atoms with Crippen LogP contribution in [0.25, 0.3) is 0 Å². The van der Waals surface area contributed by atoms with Crippen LogP contribution >= 0.6 is 0 Å². The highest BCUT2D eigenvalue weighted by molar-refractivity contribution is 5.35. The van der Waals surface area contributed by atoms with E-state index >= 15 is 0 Å². The molecule has 0 atom stereocenters. The molecule has 0 aliphatic rings. The summed E-state index contributed by atoms with van der Waals surface area (Å²) in [5, 5.41) is 0.